The van der Waals surface area contributed by atoms with Crippen molar-refractivity contribution in [1.29, 1.82) is 0 Å². The first kappa shape index (κ1) is 18.2. The van der Waals surface area contributed by atoms with E-state index in [1.807, 2.05) is 12.1 Å². The van der Waals surface area contributed by atoms with Gasteiger partial charge in [0, 0.05) is 5.92 Å². The third kappa shape index (κ3) is 6.57. The van der Waals surface area contributed by atoms with Crippen molar-refractivity contribution in [1.82, 2.24) is 9.97 Å². The summed E-state index contributed by atoms with van der Waals surface area (Å²) in [6, 6.07) is 7.47. The van der Waals surface area contributed by atoms with Crippen LogP contribution in [0, 0.1) is 0 Å². The molecule has 130 valence electrons. The van der Waals surface area contributed by atoms with E-state index in [4.69, 9.17) is 4.74 Å². The zero-order valence-electron chi connectivity index (χ0n) is 14.5. The molecule has 2 aromatic rings. The van der Waals surface area contributed by atoms with Crippen molar-refractivity contribution in [2.75, 3.05) is 6.61 Å². The summed E-state index contributed by atoms with van der Waals surface area (Å²) in [6.45, 7) is 2.85. The molecule has 1 aromatic carbocycles. The van der Waals surface area contributed by atoms with Gasteiger partial charge in [-0.05, 0) is 24.1 Å². The van der Waals surface area contributed by atoms with E-state index in [1.54, 1.807) is 24.5 Å². The molecule has 0 bridgehead atoms. The van der Waals surface area contributed by atoms with Crippen LogP contribution in [0.4, 0.5) is 0 Å². The second-order valence-corrected chi connectivity index (χ2v) is 6.23. The molecule has 0 fully saturated rings. The molecular weight excluding hydrogens is 300 g/mol. The van der Waals surface area contributed by atoms with Crippen LogP contribution in [0.3, 0.4) is 0 Å². The van der Waals surface area contributed by atoms with Crippen molar-refractivity contribution >= 4 is 0 Å². The highest BCUT2D eigenvalue weighted by atomic mass is 16.5. The number of rotatable bonds is 11. The highest BCUT2D eigenvalue weighted by Gasteiger charge is 2.13. The third-order valence-electron chi connectivity index (χ3n) is 4.26. The first-order chi connectivity index (χ1) is 11.8. The molecule has 0 amide bonds. The Morgan fingerprint density at radius 3 is 2.33 bits per heavy atom. The van der Waals surface area contributed by atoms with Gasteiger partial charge in [-0.15, -0.1) is 0 Å². The minimum atomic E-state index is 0.300. The van der Waals surface area contributed by atoms with Crippen molar-refractivity contribution in [2.24, 2.45) is 0 Å². The summed E-state index contributed by atoms with van der Waals surface area (Å²) in [4.78, 5) is 7.96. The molecule has 0 spiro atoms. The lowest BCUT2D eigenvalue weighted by Crippen LogP contribution is -2.11. The fourth-order valence-electron chi connectivity index (χ4n) is 2.82. The average molecular weight is 328 g/mol. The van der Waals surface area contributed by atoms with Crippen LogP contribution in [-0.2, 0) is 0 Å². The number of benzene rings is 1. The molecule has 1 unspecified atom stereocenters. The van der Waals surface area contributed by atoms with Gasteiger partial charge >= 0.3 is 0 Å². The molecule has 0 aliphatic carbocycles. The van der Waals surface area contributed by atoms with E-state index in [-0.39, 0.29) is 0 Å². The Morgan fingerprint density at radius 2 is 1.62 bits per heavy atom. The second kappa shape index (κ2) is 10.6. The first-order valence-corrected chi connectivity index (χ1v) is 8.96. The molecule has 0 aliphatic rings. The summed E-state index contributed by atoms with van der Waals surface area (Å²) in [5.74, 6) is 1.32. The van der Waals surface area contributed by atoms with Gasteiger partial charge in [-0.2, -0.15) is 0 Å². The fraction of sp³-hybridized carbons (Fsp3) is 0.500. The molecule has 0 aliphatic heterocycles. The maximum atomic E-state index is 9.50. The van der Waals surface area contributed by atoms with Gasteiger partial charge in [-0.1, -0.05) is 57.6 Å². The first-order valence-electron chi connectivity index (χ1n) is 8.96. The van der Waals surface area contributed by atoms with Crippen LogP contribution in [0.2, 0.25) is 0 Å². The van der Waals surface area contributed by atoms with Crippen LogP contribution in [-0.4, -0.2) is 21.7 Å². The van der Waals surface area contributed by atoms with Gasteiger partial charge in [0.1, 0.15) is 12.1 Å². The molecular formula is C20H28N2O2. The lowest BCUT2D eigenvalue weighted by Gasteiger charge is -2.18. The molecule has 0 radical (unpaired) electrons. The summed E-state index contributed by atoms with van der Waals surface area (Å²) in [5, 5.41) is 9.50. The number of unbranched alkanes of at least 4 members (excludes halogenated alkanes) is 5. The van der Waals surface area contributed by atoms with Crippen molar-refractivity contribution < 1.29 is 9.84 Å². The zero-order chi connectivity index (χ0) is 17.0. The number of phenolic OH excluding ortho intramolecular Hbond substituents is 1. The molecule has 0 saturated heterocycles. The average Bonchev–Trinajstić information content (AvgIpc) is 2.62. The Balaban J connectivity index is 1.87. The monoisotopic (exact) mass is 328 g/mol. The van der Waals surface area contributed by atoms with E-state index in [0.29, 0.717) is 24.0 Å². The molecule has 1 aromatic heterocycles. The SMILES string of the molecule is CCCCCCCCC(COc1cncnc1)c1ccc(O)cc1. The molecule has 4 heteroatoms. The van der Waals surface area contributed by atoms with Crippen LogP contribution in [0.15, 0.2) is 43.0 Å². The highest BCUT2D eigenvalue weighted by molar-refractivity contribution is 5.28. The van der Waals surface area contributed by atoms with E-state index in [0.717, 1.165) is 6.42 Å². The van der Waals surface area contributed by atoms with Crippen molar-refractivity contribution in [3.8, 4) is 11.5 Å². The minimum Gasteiger partial charge on any atom is -0.508 e. The maximum absolute atomic E-state index is 9.50. The van der Waals surface area contributed by atoms with Gasteiger partial charge in [0.2, 0.25) is 0 Å². The van der Waals surface area contributed by atoms with Crippen LogP contribution < -0.4 is 4.74 Å². The molecule has 4 nitrogen and oxygen atoms in total. The Hall–Kier alpha value is -2.10. The Bertz CT molecular complexity index is 558. The minimum absolute atomic E-state index is 0.300. The van der Waals surface area contributed by atoms with Gasteiger partial charge in [0.15, 0.2) is 5.75 Å². The van der Waals surface area contributed by atoms with Crippen molar-refractivity contribution in [2.45, 2.75) is 57.8 Å². The lowest BCUT2D eigenvalue weighted by atomic mass is 9.93. The van der Waals surface area contributed by atoms with Crippen molar-refractivity contribution in [3.05, 3.63) is 48.5 Å². The van der Waals surface area contributed by atoms with Gasteiger partial charge < -0.3 is 9.84 Å². The predicted octanol–water partition coefficient (Wildman–Crippen LogP) is 5.10. The molecule has 1 heterocycles. The van der Waals surface area contributed by atoms with E-state index in [9.17, 15) is 5.11 Å². The van der Waals surface area contributed by atoms with Crippen molar-refractivity contribution in [3.63, 3.8) is 0 Å². The van der Waals surface area contributed by atoms with E-state index < -0.39 is 0 Å². The summed E-state index contributed by atoms with van der Waals surface area (Å²) in [6.07, 6.45) is 13.7. The number of phenols is 1. The fourth-order valence-corrected chi connectivity index (χ4v) is 2.82. The molecule has 2 rings (SSSR count). The quantitative estimate of drug-likeness (QED) is 0.583. The largest absolute Gasteiger partial charge is 0.508 e. The number of hydrogen-bond donors (Lipinski definition) is 1. The normalized spacial score (nSPS) is 12.0. The van der Waals surface area contributed by atoms with Gasteiger partial charge in [0.05, 0.1) is 19.0 Å². The van der Waals surface area contributed by atoms with Crippen LogP contribution in [0.5, 0.6) is 11.5 Å². The van der Waals surface area contributed by atoms with E-state index in [1.165, 1.54) is 50.4 Å². The summed E-state index contributed by atoms with van der Waals surface area (Å²) >= 11 is 0. The Morgan fingerprint density at radius 1 is 0.958 bits per heavy atom. The zero-order valence-corrected chi connectivity index (χ0v) is 14.5. The summed E-state index contributed by atoms with van der Waals surface area (Å²) in [5.41, 5.74) is 1.21. The van der Waals surface area contributed by atoms with Gasteiger partial charge in [-0.25, -0.2) is 9.97 Å². The van der Waals surface area contributed by atoms with Crippen LogP contribution in [0.25, 0.3) is 0 Å². The van der Waals surface area contributed by atoms with Gasteiger partial charge in [0.25, 0.3) is 0 Å². The number of nitrogens with zero attached hydrogens (tertiary/aromatic N) is 2. The van der Waals surface area contributed by atoms with Crippen LogP contribution in [0.1, 0.15) is 63.4 Å². The predicted molar refractivity (Wildman–Crippen MR) is 96.4 cm³/mol. The smallest absolute Gasteiger partial charge is 0.155 e. The second-order valence-electron chi connectivity index (χ2n) is 6.23. The Kier molecular flexibility index (Phi) is 8.08. The van der Waals surface area contributed by atoms with Gasteiger partial charge in [-0.3, -0.25) is 0 Å². The number of aromatic hydroxyl groups is 1. The highest BCUT2D eigenvalue weighted by Crippen LogP contribution is 2.25. The van der Waals surface area contributed by atoms with E-state index >= 15 is 0 Å². The van der Waals surface area contributed by atoms with Crippen LogP contribution >= 0.6 is 0 Å². The molecule has 1 N–H and O–H groups in total. The summed E-state index contributed by atoms with van der Waals surface area (Å²) in [7, 11) is 0. The summed E-state index contributed by atoms with van der Waals surface area (Å²) < 4.78 is 5.86. The molecule has 1 atom stereocenters. The topological polar surface area (TPSA) is 55.2 Å². The number of ether oxygens (including phenoxy) is 1. The van der Waals surface area contributed by atoms with E-state index in [2.05, 4.69) is 16.9 Å². The standard InChI is InChI=1S/C20H28N2O2/c1-2-3-4-5-6-7-8-18(17-9-11-19(23)12-10-17)15-24-20-13-21-16-22-14-20/h9-14,16,18,23H,2-8,15H2,1H3. The third-order valence-corrected chi connectivity index (χ3v) is 4.26. The number of aromatic nitrogens is 2. The molecule has 0 saturated carbocycles. The Labute approximate surface area is 144 Å². The lowest BCUT2D eigenvalue weighted by molar-refractivity contribution is 0.276. The number of hydrogen-bond acceptors (Lipinski definition) is 4. The maximum Gasteiger partial charge on any atom is 0.155 e. The molecule has 24 heavy (non-hydrogen) atoms.